The van der Waals surface area contributed by atoms with Crippen LogP contribution in [0.1, 0.15) is 42.6 Å². The first-order chi connectivity index (χ1) is 27.5. The minimum atomic E-state index is -5.14. The van der Waals surface area contributed by atoms with Crippen molar-refractivity contribution in [3.8, 4) is 5.75 Å². The number of ketones is 1. The molecule has 2 aliphatic heterocycles. The Hall–Kier alpha value is -4.97. The van der Waals surface area contributed by atoms with E-state index in [0.29, 0.717) is 25.6 Å². The van der Waals surface area contributed by atoms with Crippen LogP contribution in [0.5, 0.6) is 5.75 Å². The molecule has 2 amide bonds. The van der Waals surface area contributed by atoms with Crippen LogP contribution >= 0.6 is 15.2 Å². The molecule has 3 aliphatic rings. The first-order valence-corrected chi connectivity index (χ1v) is 21.6. The third-order valence-electron chi connectivity index (χ3n) is 10.9. The molecule has 316 valence electrons. The van der Waals surface area contributed by atoms with Gasteiger partial charge in [0.25, 0.3) is 0 Å². The van der Waals surface area contributed by atoms with Gasteiger partial charge in [-0.2, -0.15) is 0 Å². The lowest BCUT2D eigenvalue weighted by atomic mass is 9.92. The van der Waals surface area contributed by atoms with Crippen molar-refractivity contribution in [2.45, 2.75) is 38.5 Å². The Labute approximate surface area is 333 Å². The van der Waals surface area contributed by atoms with E-state index in [1.807, 2.05) is 0 Å². The minimum Gasteiger partial charge on any atom is -0.481 e. The van der Waals surface area contributed by atoms with Crippen molar-refractivity contribution in [3.05, 3.63) is 77.1 Å². The lowest BCUT2D eigenvalue weighted by Crippen LogP contribution is -2.42. The molecule has 1 aliphatic carbocycles. The number of amides is 2. The zero-order valence-corrected chi connectivity index (χ0v) is 33.1. The van der Waals surface area contributed by atoms with Crippen molar-refractivity contribution in [2.24, 2.45) is 35.5 Å². The predicted octanol–water partition coefficient (Wildman–Crippen LogP) is 3.74. The highest BCUT2D eigenvalue weighted by molar-refractivity contribution is 7.70. The van der Waals surface area contributed by atoms with Gasteiger partial charge in [0, 0.05) is 37.5 Å². The Kier molecular flexibility index (Phi) is 12.3. The molecule has 0 spiro atoms. The number of pyridine rings is 1. The van der Waals surface area contributed by atoms with Crippen LogP contribution in [0.2, 0.25) is 0 Å². The van der Waals surface area contributed by atoms with Crippen molar-refractivity contribution in [1.82, 2.24) is 10.3 Å². The number of fused-ring (bicyclic) bond motifs is 2. The molecule has 6 rings (SSSR count). The van der Waals surface area contributed by atoms with Crippen molar-refractivity contribution < 1.29 is 75.7 Å². The van der Waals surface area contributed by atoms with E-state index in [1.54, 1.807) is 11.8 Å². The van der Waals surface area contributed by atoms with Crippen LogP contribution in [0, 0.1) is 53.0 Å². The van der Waals surface area contributed by atoms with Gasteiger partial charge in [-0.05, 0) is 66.5 Å². The average molecular weight is 867 g/mol. The minimum absolute atomic E-state index is 0.00926. The number of carbonyl (C=O) groups excluding carboxylic acids is 4. The number of nitrogens with one attached hydrogen (secondary N) is 1. The summed E-state index contributed by atoms with van der Waals surface area (Å²) in [7, 11) is -10.3. The van der Waals surface area contributed by atoms with Gasteiger partial charge in [0.1, 0.15) is 29.1 Å². The number of nitrogens with zero attached hydrogens (tertiary/aromatic N) is 3. The van der Waals surface area contributed by atoms with E-state index in [1.165, 1.54) is 31.2 Å². The second-order valence-electron chi connectivity index (χ2n) is 15.1. The van der Waals surface area contributed by atoms with Crippen LogP contribution in [-0.4, -0.2) is 84.2 Å². The van der Waals surface area contributed by atoms with Crippen molar-refractivity contribution in [2.75, 3.05) is 29.4 Å². The molecule has 0 bridgehead atoms. The maximum Gasteiger partial charge on any atom is 0.341 e. The zero-order valence-electron chi connectivity index (χ0n) is 31.3. The van der Waals surface area contributed by atoms with Crippen molar-refractivity contribution in [1.29, 1.82) is 0 Å². The molecular weight excluding hydrogens is 827 g/mol. The summed E-state index contributed by atoms with van der Waals surface area (Å²) in [5, 5.41) is 9.71. The van der Waals surface area contributed by atoms with E-state index >= 15 is 4.39 Å². The summed E-state index contributed by atoms with van der Waals surface area (Å²) < 4.78 is 72.4. The fraction of sp³-hybridized carbons (Fsp3) is 0.405. The van der Waals surface area contributed by atoms with Crippen LogP contribution in [0.3, 0.4) is 0 Å². The third-order valence-corrected chi connectivity index (χ3v) is 14.6. The average Bonchev–Trinajstić information content (AvgIpc) is 3.55. The second-order valence-corrected chi connectivity index (χ2v) is 19.1. The van der Waals surface area contributed by atoms with E-state index in [-0.39, 0.29) is 52.0 Å². The molecule has 3 unspecified atom stereocenters. The van der Waals surface area contributed by atoms with Gasteiger partial charge in [-0.3, -0.25) is 38.4 Å². The SMILES string of the molecule is CC(CC1[C@H]2CN(c3nc4c(cc3F)C(=O)C(C(=O)O)CN4c3ccc(F)cc3F)C[C@@H]12)C(=O)NC(=O)[C@H](C)CC(=O)Oc1ccc(CC(P(=O)(O)O)P(=O)(O)O)cc1. The smallest absolute Gasteiger partial charge is 0.341 e. The van der Waals surface area contributed by atoms with Gasteiger partial charge in [-0.25, -0.2) is 18.2 Å². The number of ether oxygens (including phenoxy) is 1. The van der Waals surface area contributed by atoms with Gasteiger partial charge in [0.15, 0.2) is 22.8 Å². The molecule has 3 aromatic rings. The maximum absolute atomic E-state index is 15.5. The maximum atomic E-state index is 15.5. The summed E-state index contributed by atoms with van der Waals surface area (Å²) in [5.41, 5.74) is -0.445. The molecule has 3 heterocycles. The van der Waals surface area contributed by atoms with Crippen molar-refractivity contribution >= 4 is 62.1 Å². The Morgan fingerprint density at radius 2 is 1.47 bits per heavy atom. The summed E-state index contributed by atoms with van der Waals surface area (Å²) in [6.45, 7) is 3.17. The number of piperidine rings is 1. The molecule has 22 heteroatoms. The highest BCUT2D eigenvalue weighted by Gasteiger charge is 2.56. The molecule has 6 N–H and O–H groups in total. The number of halogens is 3. The largest absolute Gasteiger partial charge is 0.481 e. The van der Waals surface area contributed by atoms with Gasteiger partial charge in [0.05, 0.1) is 17.7 Å². The summed E-state index contributed by atoms with van der Waals surface area (Å²) in [6, 6.07) is 8.54. The number of Topliss-reactive ketones (excluding diaryl/α,β-unsaturated/α-hetero) is 1. The molecule has 2 aromatic carbocycles. The lowest BCUT2D eigenvalue weighted by Gasteiger charge is -2.34. The Morgan fingerprint density at radius 1 is 0.864 bits per heavy atom. The summed E-state index contributed by atoms with van der Waals surface area (Å²) >= 11 is 0. The van der Waals surface area contributed by atoms with E-state index in [2.05, 4.69) is 10.3 Å². The predicted molar refractivity (Wildman–Crippen MR) is 200 cm³/mol. The van der Waals surface area contributed by atoms with Gasteiger partial charge in [-0.15, -0.1) is 0 Å². The standard InChI is InChI=1S/C37H39F3N4O13P2/c1-17(35(47)42-36(48)18(2)10-30(45)57-21-6-3-19(4-7-21)11-31(58(51,52)53)59(54,55)56)9-22-24-14-43(15-25(22)24)34-28(40)13-23-32(46)26(37(49)50)16-44(33(23)41-34)29-8-5-20(38)12-27(29)39/h3-8,12-13,17-18,22,24-26,31H,9-11,14-16H2,1-2H3,(H,49,50)(H,42,47,48)(H2,51,52,53)(H2,54,55,56)/t17?,18-,22?,24-,25+,26?/m1/s1. The molecule has 59 heavy (non-hydrogen) atoms. The number of hydrogen-bond donors (Lipinski definition) is 6. The quantitative estimate of drug-likeness (QED) is 0.0584. The molecule has 17 nitrogen and oxygen atoms in total. The molecule has 1 saturated carbocycles. The summed E-state index contributed by atoms with van der Waals surface area (Å²) in [4.78, 5) is 108. The van der Waals surface area contributed by atoms with E-state index in [9.17, 15) is 66.6 Å². The Bertz CT molecular complexity index is 2270. The van der Waals surface area contributed by atoms with Crippen LogP contribution in [0.15, 0.2) is 48.5 Å². The molecule has 6 atom stereocenters. The molecule has 1 aromatic heterocycles. The number of benzene rings is 2. The number of rotatable bonds is 14. The van der Waals surface area contributed by atoms with Gasteiger partial charge < -0.3 is 39.2 Å². The molecule has 2 fully saturated rings. The van der Waals surface area contributed by atoms with Crippen LogP contribution < -0.4 is 19.9 Å². The number of carbonyl (C=O) groups is 5. The Morgan fingerprint density at radius 3 is 2.05 bits per heavy atom. The van der Waals surface area contributed by atoms with E-state index in [4.69, 9.17) is 4.74 Å². The number of esters is 1. The van der Waals surface area contributed by atoms with Gasteiger partial charge in [0.2, 0.25) is 11.8 Å². The number of imide groups is 1. The van der Waals surface area contributed by atoms with Crippen LogP contribution in [0.25, 0.3) is 0 Å². The second kappa shape index (κ2) is 16.6. The van der Waals surface area contributed by atoms with E-state index < -0.39 is 105 Å². The fourth-order valence-corrected chi connectivity index (χ4v) is 10.1. The topological polar surface area (TPSA) is 261 Å². The van der Waals surface area contributed by atoms with Gasteiger partial charge in [-0.1, -0.05) is 26.0 Å². The molecule has 1 saturated heterocycles. The monoisotopic (exact) mass is 866 g/mol. The number of aliphatic carboxylic acids is 1. The normalized spacial score (nSPS) is 21.1. The third kappa shape index (κ3) is 9.59. The van der Waals surface area contributed by atoms with Gasteiger partial charge >= 0.3 is 27.1 Å². The number of carboxylic acids is 1. The van der Waals surface area contributed by atoms with Crippen LogP contribution in [-0.2, 0) is 34.7 Å². The highest BCUT2D eigenvalue weighted by atomic mass is 31.2. The zero-order chi connectivity index (χ0) is 43.3. The molecular formula is C37H39F3N4O13P2. The number of hydrogen-bond acceptors (Lipinski definition) is 11. The first kappa shape index (κ1) is 43.6. The van der Waals surface area contributed by atoms with E-state index in [0.717, 1.165) is 23.1 Å². The number of aromatic nitrogens is 1. The highest BCUT2D eigenvalue weighted by Crippen LogP contribution is 2.61. The van der Waals surface area contributed by atoms with Crippen molar-refractivity contribution in [3.63, 3.8) is 0 Å². The molecule has 0 radical (unpaired) electrons. The first-order valence-electron chi connectivity index (χ1n) is 18.2. The van der Waals surface area contributed by atoms with Crippen LogP contribution in [0.4, 0.5) is 30.5 Å². The number of anilines is 3. The summed E-state index contributed by atoms with van der Waals surface area (Å²) in [6.07, 6.45) is -0.679. The lowest BCUT2D eigenvalue weighted by molar-refractivity contribution is -0.141. The fourth-order valence-electron chi connectivity index (χ4n) is 7.63. The number of carboxylic acid groups (broad SMARTS) is 1. The summed E-state index contributed by atoms with van der Waals surface area (Å²) in [5.74, 6) is -10.8. The Balaban J connectivity index is 1.00.